The molecule has 0 spiro atoms. The van der Waals surface area contributed by atoms with Crippen molar-refractivity contribution >= 4 is 29.9 Å². The van der Waals surface area contributed by atoms with Crippen molar-refractivity contribution in [3.05, 3.63) is 24.2 Å². The van der Waals surface area contributed by atoms with Gasteiger partial charge in [-0.15, -0.1) is 24.0 Å². The van der Waals surface area contributed by atoms with Gasteiger partial charge in [-0.05, 0) is 31.9 Å². The largest absolute Gasteiger partial charge is 0.469 e. The van der Waals surface area contributed by atoms with Gasteiger partial charge in [0, 0.05) is 32.2 Å². The maximum Gasteiger partial charge on any atom is 0.191 e. The second-order valence-electron chi connectivity index (χ2n) is 5.69. The number of guanidine groups is 1. The second kappa shape index (κ2) is 10.9. The lowest BCUT2D eigenvalue weighted by Crippen LogP contribution is -2.47. The number of rotatable bonds is 7. The number of nitrogens with zero attached hydrogens (tertiary/aromatic N) is 1. The molecule has 0 saturated heterocycles. The molecular formula is C16H28IN3O2. The van der Waals surface area contributed by atoms with Gasteiger partial charge in [-0.2, -0.15) is 0 Å². The van der Waals surface area contributed by atoms with Crippen LogP contribution in [0.1, 0.15) is 38.4 Å². The molecule has 1 saturated carbocycles. The van der Waals surface area contributed by atoms with Gasteiger partial charge in [0.1, 0.15) is 5.76 Å². The highest BCUT2D eigenvalue weighted by atomic mass is 127. The Morgan fingerprint density at radius 3 is 2.86 bits per heavy atom. The van der Waals surface area contributed by atoms with E-state index in [4.69, 9.17) is 9.15 Å². The number of nitrogens with one attached hydrogen (secondary N) is 2. The lowest BCUT2D eigenvalue weighted by molar-refractivity contribution is 0.179. The molecule has 0 amide bonds. The summed E-state index contributed by atoms with van der Waals surface area (Å²) in [5.74, 6) is 1.86. The van der Waals surface area contributed by atoms with Crippen molar-refractivity contribution in [2.45, 2.75) is 51.1 Å². The first-order valence-electron chi connectivity index (χ1n) is 7.86. The molecule has 6 heteroatoms. The standard InChI is InChI=1S/C16H27N3O2.HI/c1-13(12-20-2)18-16(19-14-6-3-4-7-14)17-10-9-15-8-5-11-21-15;/h5,8,11,13-14H,3-4,6-7,9-10,12H2,1-2H3,(H2,17,18,19);1H. The van der Waals surface area contributed by atoms with E-state index in [2.05, 4.69) is 22.5 Å². The Labute approximate surface area is 150 Å². The average molecular weight is 421 g/mol. The number of ether oxygens (including phenoxy) is 1. The molecule has 0 aliphatic heterocycles. The van der Waals surface area contributed by atoms with Crippen molar-refractivity contribution < 1.29 is 9.15 Å². The zero-order chi connectivity index (χ0) is 14.9. The summed E-state index contributed by atoms with van der Waals surface area (Å²) in [6.45, 7) is 3.49. The van der Waals surface area contributed by atoms with Gasteiger partial charge in [-0.25, -0.2) is 0 Å². The smallest absolute Gasteiger partial charge is 0.191 e. The molecule has 1 aliphatic carbocycles. The fourth-order valence-corrected chi connectivity index (χ4v) is 2.65. The zero-order valence-corrected chi connectivity index (χ0v) is 15.8. The molecule has 2 rings (SSSR count). The molecule has 126 valence electrons. The van der Waals surface area contributed by atoms with Crippen molar-refractivity contribution in [1.29, 1.82) is 0 Å². The first-order chi connectivity index (χ1) is 10.3. The van der Waals surface area contributed by atoms with E-state index in [1.807, 2.05) is 12.1 Å². The summed E-state index contributed by atoms with van der Waals surface area (Å²) in [5, 5.41) is 6.95. The Kier molecular flexibility index (Phi) is 9.54. The summed E-state index contributed by atoms with van der Waals surface area (Å²) < 4.78 is 10.5. The van der Waals surface area contributed by atoms with Gasteiger partial charge in [0.15, 0.2) is 5.96 Å². The van der Waals surface area contributed by atoms with Gasteiger partial charge in [-0.3, -0.25) is 4.99 Å². The molecule has 2 N–H and O–H groups in total. The van der Waals surface area contributed by atoms with Crippen molar-refractivity contribution in [3.63, 3.8) is 0 Å². The van der Waals surface area contributed by atoms with E-state index in [1.165, 1.54) is 25.7 Å². The molecule has 22 heavy (non-hydrogen) atoms. The molecule has 0 aromatic carbocycles. The summed E-state index contributed by atoms with van der Waals surface area (Å²) in [5.41, 5.74) is 0. The fourth-order valence-electron chi connectivity index (χ4n) is 2.65. The number of methoxy groups -OCH3 is 1. The van der Waals surface area contributed by atoms with Crippen LogP contribution in [0.3, 0.4) is 0 Å². The SMILES string of the molecule is COCC(C)NC(=NCCc1ccco1)NC1CCCC1.I. The second-order valence-corrected chi connectivity index (χ2v) is 5.69. The Hall–Kier alpha value is -0.760. The highest BCUT2D eigenvalue weighted by Gasteiger charge is 2.17. The van der Waals surface area contributed by atoms with Gasteiger partial charge in [0.2, 0.25) is 0 Å². The van der Waals surface area contributed by atoms with Gasteiger partial charge >= 0.3 is 0 Å². The summed E-state index contributed by atoms with van der Waals surface area (Å²) in [6, 6.07) is 4.69. The van der Waals surface area contributed by atoms with E-state index in [-0.39, 0.29) is 30.0 Å². The molecule has 1 aromatic rings. The minimum Gasteiger partial charge on any atom is -0.469 e. The molecule has 1 aromatic heterocycles. The van der Waals surface area contributed by atoms with Crippen molar-refractivity contribution in [1.82, 2.24) is 10.6 Å². The van der Waals surface area contributed by atoms with Gasteiger partial charge in [0.05, 0.1) is 12.9 Å². The third-order valence-electron chi connectivity index (χ3n) is 3.70. The van der Waals surface area contributed by atoms with Crippen LogP contribution in [-0.4, -0.2) is 38.3 Å². The number of furan rings is 1. The predicted molar refractivity (Wildman–Crippen MR) is 100.0 cm³/mol. The summed E-state index contributed by atoms with van der Waals surface area (Å²) >= 11 is 0. The maximum absolute atomic E-state index is 5.34. The molecular weight excluding hydrogens is 393 g/mol. The molecule has 1 atom stereocenters. The van der Waals surface area contributed by atoms with Gasteiger partial charge < -0.3 is 19.8 Å². The number of hydrogen-bond donors (Lipinski definition) is 2. The molecule has 1 fully saturated rings. The van der Waals surface area contributed by atoms with Crippen LogP contribution in [0.25, 0.3) is 0 Å². The first-order valence-corrected chi connectivity index (χ1v) is 7.86. The number of aliphatic imine (C=N–C) groups is 1. The summed E-state index contributed by atoms with van der Waals surface area (Å²) in [4.78, 5) is 4.66. The molecule has 0 bridgehead atoms. The van der Waals surface area contributed by atoms with Gasteiger partial charge in [-0.1, -0.05) is 12.8 Å². The average Bonchev–Trinajstić information content (AvgIpc) is 3.12. The predicted octanol–water partition coefficient (Wildman–Crippen LogP) is 2.95. The Morgan fingerprint density at radius 2 is 2.23 bits per heavy atom. The monoisotopic (exact) mass is 421 g/mol. The molecule has 1 unspecified atom stereocenters. The van der Waals surface area contributed by atoms with E-state index >= 15 is 0 Å². The highest BCUT2D eigenvalue weighted by Crippen LogP contribution is 2.17. The summed E-state index contributed by atoms with van der Waals surface area (Å²) in [7, 11) is 1.72. The van der Waals surface area contributed by atoms with Crippen LogP contribution in [-0.2, 0) is 11.2 Å². The third kappa shape index (κ3) is 7.00. The fraction of sp³-hybridized carbons (Fsp3) is 0.688. The summed E-state index contributed by atoms with van der Waals surface area (Å²) in [6.07, 6.45) is 7.61. The topological polar surface area (TPSA) is 58.8 Å². The van der Waals surface area contributed by atoms with E-state index < -0.39 is 0 Å². The highest BCUT2D eigenvalue weighted by molar-refractivity contribution is 14.0. The zero-order valence-electron chi connectivity index (χ0n) is 13.5. The molecule has 5 nitrogen and oxygen atoms in total. The maximum atomic E-state index is 5.34. The Morgan fingerprint density at radius 1 is 1.45 bits per heavy atom. The van der Waals surface area contributed by atoms with E-state index in [9.17, 15) is 0 Å². The Balaban J connectivity index is 0.00000242. The van der Waals surface area contributed by atoms with E-state index in [0.717, 1.165) is 24.7 Å². The van der Waals surface area contributed by atoms with Crippen LogP contribution >= 0.6 is 24.0 Å². The first kappa shape index (κ1) is 19.3. The quantitative estimate of drug-likeness (QED) is 0.404. The third-order valence-corrected chi connectivity index (χ3v) is 3.70. The van der Waals surface area contributed by atoms with Crippen LogP contribution < -0.4 is 10.6 Å². The lowest BCUT2D eigenvalue weighted by atomic mass is 10.2. The normalized spacial score (nSPS) is 17.1. The Bertz CT molecular complexity index is 417. The van der Waals surface area contributed by atoms with E-state index in [1.54, 1.807) is 13.4 Å². The van der Waals surface area contributed by atoms with Crippen molar-refractivity contribution in [2.75, 3.05) is 20.3 Å². The minimum absolute atomic E-state index is 0. The van der Waals surface area contributed by atoms with Gasteiger partial charge in [0.25, 0.3) is 0 Å². The molecule has 1 heterocycles. The van der Waals surface area contributed by atoms with Crippen LogP contribution in [0.4, 0.5) is 0 Å². The van der Waals surface area contributed by atoms with Crippen molar-refractivity contribution in [2.24, 2.45) is 4.99 Å². The van der Waals surface area contributed by atoms with Crippen molar-refractivity contribution in [3.8, 4) is 0 Å². The van der Waals surface area contributed by atoms with E-state index in [0.29, 0.717) is 12.6 Å². The molecule has 0 radical (unpaired) electrons. The van der Waals surface area contributed by atoms with Crippen LogP contribution in [0, 0.1) is 0 Å². The minimum atomic E-state index is 0. The van der Waals surface area contributed by atoms with Crippen LogP contribution in [0.15, 0.2) is 27.8 Å². The van der Waals surface area contributed by atoms with Crippen LogP contribution in [0.2, 0.25) is 0 Å². The lowest BCUT2D eigenvalue weighted by Gasteiger charge is -2.21. The van der Waals surface area contributed by atoms with Crippen LogP contribution in [0.5, 0.6) is 0 Å². The number of hydrogen-bond acceptors (Lipinski definition) is 3. The number of halogens is 1. The molecule has 1 aliphatic rings.